The van der Waals surface area contributed by atoms with Gasteiger partial charge in [0.15, 0.2) is 0 Å². The van der Waals surface area contributed by atoms with Crippen LogP contribution in [0.15, 0.2) is 52.6 Å². The van der Waals surface area contributed by atoms with E-state index in [-0.39, 0.29) is 0 Å². The van der Waals surface area contributed by atoms with Crippen molar-refractivity contribution in [3.63, 3.8) is 0 Å². The van der Waals surface area contributed by atoms with Gasteiger partial charge in [0.2, 0.25) is 0 Å². The number of benzene rings is 2. The van der Waals surface area contributed by atoms with E-state index in [9.17, 15) is 0 Å². The minimum absolute atomic E-state index is 0.999. The van der Waals surface area contributed by atoms with Gasteiger partial charge in [-0.05, 0) is 69.5 Å². The Balaban J connectivity index is 2.67. The molecule has 0 saturated heterocycles. The number of aryl methyl sites for hydroxylation is 3. The first-order valence-corrected chi connectivity index (χ1v) is 8.56. The third-order valence-electron chi connectivity index (χ3n) is 3.93. The summed E-state index contributed by atoms with van der Waals surface area (Å²) < 4.78 is 1.10. The van der Waals surface area contributed by atoms with E-state index >= 15 is 0 Å². The second-order valence-corrected chi connectivity index (χ2v) is 6.61. The summed E-state index contributed by atoms with van der Waals surface area (Å²) in [6.45, 7) is 10.9. The van der Waals surface area contributed by atoms with Crippen molar-refractivity contribution >= 4 is 27.3 Å². The van der Waals surface area contributed by atoms with Crippen LogP contribution in [-0.2, 0) is 0 Å². The van der Waals surface area contributed by atoms with Crippen molar-refractivity contribution in [3.05, 3.63) is 69.3 Å². The molecule has 0 aliphatic carbocycles. The van der Waals surface area contributed by atoms with Gasteiger partial charge in [0.1, 0.15) is 0 Å². The Morgan fingerprint density at radius 3 is 2.05 bits per heavy atom. The molecule has 1 nitrogen and oxygen atoms in total. The fraction of sp³-hybridized carbons (Fsp3) is 0.300. The number of anilines is 2. The lowest BCUT2D eigenvalue weighted by Crippen LogP contribution is -2.18. The number of rotatable bonds is 4. The van der Waals surface area contributed by atoms with Crippen LogP contribution >= 0.6 is 15.9 Å². The number of hydrogen-bond donors (Lipinski definition) is 0. The molecule has 0 amide bonds. The van der Waals surface area contributed by atoms with E-state index in [0.717, 1.165) is 10.9 Å². The third kappa shape index (κ3) is 3.44. The first-order chi connectivity index (χ1) is 10.5. The highest BCUT2D eigenvalue weighted by Crippen LogP contribution is 2.37. The molecule has 2 heteroatoms. The van der Waals surface area contributed by atoms with Crippen LogP contribution < -0.4 is 4.90 Å². The summed E-state index contributed by atoms with van der Waals surface area (Å²) >= 11 is 3.53. The molecule has 0 aromatic heterocycles. The molecule has 0 aliphatic rings. The molecule has 0 radical (unpaired) electrons. The molecule has 22 heavy (non-hydrogen) atoms. The van der Waals surface area contributed by atoms with Crippen LogP contribution in [0.1, 0.15) is 37.0 Å². The molecule has 0 aliphatic heterocycles. The van der Waals surface area contributed by atoms with Gasteiger partial charge in [0, 0.05) is 15.9 Å². The molecule has 0 fully saturated rings. The molecular formula is C20H24BrN. The zero-order valence-electron chi connectivity index (χ0n) is 14.1. The minimum atomic E-state index is 0.999. The predicted molar refractivity (Wildman–Crippen MR) is 101 cm³/mol. The van der Waals surface area contributed by atoms with Gasteiger partial charge in [-0.2, -0.15) is 0 Å². The lowest BCUT2D eigenvalue weighted by Gasteiger charge is -2.30. The van der Waals surface area contributed by atoms with Crippen LogP contribution in [-0.4, -0.2) is 0 Å². The summed E-state index contributed by atoms with van der Waals surface area (Å²) in [6, 6.07) is 13.1. The van der Waals surface area contributed by atoms with Crippen LogP contribution in [0.2, 0.25) is 0 Å². The van der Waals surface area contributed by atoms with E-state index in [0.29, 0.717) is 0 Å². The van der Waals surface area contributed by atoms with Crippen LogP contribution in [0, 0.1) is 20.8 Å². The van der Waals surface area contributed by atoms with Gasteiger partial charge in [0.05, 0.1) is 5.69 Å². The standard InChI is InChI=1S/C20H24BrN/c1-6-18(7-2)22(19-10-8-17(21)9-11-19)20-15(4)12-14(3)13-16(20)5/h6,8-13H,7H2,1-5H3. The summed E-state index contributed by atoms with van der Waals surface area (Å²) in [5, 5.41) is 0. The van der Waals surface area contributed by atoms with Crippen molar-refractivity contribution in [2.24, 2.45) is 0 Å². The highest BCUT2D eigenvalue weighted by Gasteiger charge is 2.17. The van der Waals surface area contributed by atoms with E-state index in [4.69, 9.17) is 0 Å². The van der Waals surface area contributed by atoms with Crippen LogP contribution in [0.3, 0.4) is 0 Å². The van der Waals surface area contributed by atoms with Gasteiger partial charge in [-0.1, -0.05) is 46.6 Å². The Kier molecular flexibility index (Phi) is 5.47. The van der Waals surface area contributed by atoms with Gasteiger partial charge in [-0.15, -0.1) is 0 Å². The summed E-state index contributed by atoms with van der Waals surface area (Å²) in [5.74, 6) is 0. The van der Waals surface area contributed by atoms with Crippen molar-refractivity contribution in [2.75, 3.05) is 4.90 Å². The van der Waals surface area contributed by atoms with E-state index < -0.39 is 0 Å². The smallest absolute Gasteiger partial charge is 0.0516 e. The molecule has 0 saturated carbocycles. The van der Waals surface area contributed by atoms with Crippen LogP contribution in [0.5, 0.6) is 0 Å². The lowest BCUT2D eigenvalue weighted by molar-refractivity contribution is 0.996. The molecule has 2 rings (SSSR count). The van der Waals surface area contributed by atoms with E-state index in [2.05, 4.69) is 97.9 Å². The maximum Gasteiger partial charge on any atom is 0.0516 e. The zero-order valence-corrected chi connectivity index (χ0v) is 15.7. The lowest BCUT2D eigenvalue weighted by atomic mass is 10.0. The zero-order chi connectivity index (χ0) is 16.3. The Bertz CT molecular complexity index is 660. The summed E-state index contributed by atoms with van der Waals surface area (Å²) in [7, 11) is 0. The highest BCUT2D eigenvalue weighted by atomic mass is 79.9. The van der Waals surface area contributed by atoms with E-state index in [1.54, 1.807) is 0 Å². The SMILES string of the molecule is CC=C(CC)N(c1ccc(Br)cc1)c1c(C)cc(C)cc1C. The van der Waals surface area contributed by atoms with Crippen molar-refractivity contribution in [1.82, 2.24) is 0 Å². The second-order valence-electron chi connectivity index (χ2n) is 5.69. The van der Waals surface area contributed by atoms with E-state index in [1.807, 2.05) is 0 Å². The molecule has 0 atom stereocenters. The molecule has 0 N–H and O–H groups in total. The average Bonchev–Trinajstić information content (AvgIpc) is 2.47. The maximum atomic E-state index is 3.53. The Morgan fingerprint density at radius 1 is 1.05 bits per heavy atom. The molecule has 2 aromatic rings. The molecular weight excluding hydrogens is 334 g/mol. The fourth-order valence-corrected chi connectivity index (χ4v) is 3.31. The molecule has 0 bridgehead atoms. The van der Waals surface area contributed by atoms with Crippen molar-refractivity contribution in [3.8, 4) is 0 Å². The van der Waals surface area contributed by atoms with E-state index in [1.165, 1.54) is 33.8 Å². The predicted octanol–water partition coefficient (Wildman–Crippen LogP) is 6.83. The first kappa shape index (κ1) is 16.8. The summed E-state index contributed by atoms with van der Waals surface area (Å²) in [5.41, 5.74) is 7.75. The minimum Gasteiger partial charge on any atom is -0.314 e. The normalized spacial score (nSPS) is 11.6. The van der Waals surface area contributed by atoms with Crippen molar-refractivity contribution in [2.45, 2.75) is 41.0 Å². The average molecular weight is 358 g/mol. The molecule has 0 heterocycles. The first-order valence-electron chi connectivity index (χ1n) is 7.76. The number of halogens is 1. The molecule has 116 valence electrons. The van der Waals surface area contributed by atoms with Crippen molar-refractivity contribution < 1.29 is 0 Å². The quantitative estimate of drug-likeness (QED) is 0.579. The monoisotopic (exact) mass is 357 g/mol. The van der Waals surface area contributed by atoms with Gasteiger partial charge in [-0.3, -0.25) is 0 Å². The molecule has 0 unspecified atom stereocenters. The Hall–Kier alpha value is -1.54. The van der Waals surface area contributed by atoms with Crippen LogP contribution in [0.25, 0.3) is 0 Å². The Morgan fingerprint density at radius 2 is 1.59 bits per heavy atom. The summed E-state index contributed by atoms with van der Waals surface area (Å²) in [6.07, 6.45) is 3.21. The topological polar surface area (TPSA) is 3.24 Å². The summed E-state index contributed by atoms with van der Waals surface area (Å²) in [4.78, 5) is 2.39. The molecule has 0 spiro atoms. The Labute approximate surface area is 142 Å². The van der Waals surface area contributed by atoms with Gasteiger partial charge in [-0.25, -0.2) is 0 Å². The third-order valence-corrected chi connectivity index (χ3v) is 4.46. The van der Waals surface area contributed by atoms with Gasteiger partial charge >= 0.3 is 0 Å². The number of nitrogens with zero attached hydrogens (tertiary/aromatic N) is 1. The molecule has 2 aromatic carbocycles. The second kappa shape index (κ2) is 7.15. The van der Waals surface area contributed by atoms with Gasteiger partial charge < -0.3 is 4.90 Å². The highest BCUT2D eigenvalue weighted by molar-refractivity contribution is 9.10. The van der Waals surface area contributed by atoms with Crippen molar-refractivity contribution in [1.29, 1.82) is 0 Å². The largest absolute Gasteiger partial charge is 0.314 e. The maximum absolute atomic E-state index is 3.53. The van der Waals surface area contributed by atoms with Gasteiger partial charge in [0.25, 0.3) is 0 Å². The van der Waals surface area contributed by atoms with Crippen LogP contribution in [0.4, 0.5) is 11.4 Å². The fourth-order valence-electron chi connectivity index (χ4n) is 3.05. The number of hydrogen-bond acceptors (Lipinski definition) is 1. The number of allylic oxidation sites excluding steroid dienone is 2.